The van der Waals surface area contributed by atoms with Crippen molar-refractivity contribution in [3.05, 3.63) is 18.0 Å². The van der Waals surface area contributed by atoms with Crippen molar-refractivity contribution in [3.63, 3.8) is 0 Å². The second kappa shape index (κ2) is 5.69. The Bertz CT molecular complexity index is 337. The van der Waals surface area contributed by atoms with Crippen molar-refractivity contribution in [2.75, 3.05) is 18.5 Å². The summed E-state index contributed by atoms with van der Waals surface area (Å²) in [5.74, 6) is -0.0887. The van der Waals surface area contributed by atoms with Gasteiger partial charge in [-0.1, -0.05) is 0 Å². The second-order valence-corrected chi connectivity index (χ2v) is 2.62. The number of aldehydes is 1. The normalized spacial score (nSPS) is 9.40. The Balaban J connectivity index is 2.44. The molecule has 1 aromatic heterocycles. The molecule has 0 saturated carbocycles. The first kappa shape index (κ1) is 11.1. The van der Waals surface area contributed by atoms with Crippen LogP contribution in [0.5, 0.6) is 0 Å². The van der Waals surface area contributed by atoms with Gasteiger partial charge in [0.25, 0.3) is 0 Å². The largest absolute Gasteiger partial charge is 0.465 e. The zero-order valence-corrected chi connectivity index (χ0v) is 8.27. The molecule has 0 aliphatic heterocycles. The third-order valence-corrected chi connectivity index (χ3v) is 1.50. The van der Waals surface area contributed by atoms with Crippen LogP contribution in [0.25, 0.3) is 0 Å². The second-order valence-electron chi connectivity index (χ2n) is 2.62. The van der Waals surface area contributed by atoms with Crippen molar-refractivity contribution in [1.29, 1.82) is 0 Å². The van der Waals surface area contributed by atoms with Crippen LogP contribution < -0.4 is 5.32 Å². The van der Waals surface area contributed by atoms with E-state index in [1.165, 1.54) is 12.4 Å². The lowest BCUT2D eigenvalue weighted by molar-refractivity contribution is -0.140. The standard InChI is InChI=1S/C9H11N3O3/c1-2-15-8(14)5-12-9-10-3-7(6-13)4-11-9/h3-4,6H,2,5H2,1H3,(H,10,11,12). The van der Waals surface area contributed by atoms with Gasteiger partial charge in [-0.2, -0.15) is 0 Å². The SMILES string of the molecule is CCOC(=O)CNc1ncc(C=O)cn1. The van der Waals surface area contributed by atoms with Gasteiger partial charge in [-0.25, -0.2) is 9.97 Å². The number of nitrogens with zero attached hydrogens (tertiary/aromatic N) is 2. The van der Waals surface area contributed by atoms with E-state index in [0.29, 0.717) is 18.5 Å². The highest BCUT2D eigenvalue weighted by Gasteiger charge is 2.02. The Labute approximate surface area is 86.7 Å². The first-order valence-electron chi connectivity index (χ1n) is 4.43. The number of carbonyl (C=O) groups is 2. The average molecular weight is 209 g/mol. The van der Waals surface area contributed by atoms with Gasteiger partial charge in [-0.3, -0.25) is 9.59 Å². The molecule has 0 aliphatic carbocycles. The predicted molar refractivity (Wildman–Crippen MR) is 52.5 cm³/mol. The summed E-state index contributed by atoms with van der Waals surface area (Å²) in [7, 11) is 0. The highest BCUT2D eigenvalue weighted by molar-refractivity contribution is 5.75. The van der Waals surface area contributed by atoms with Gasteiger partial charge in [-0.15, -0.1) is 0 Å². The van der Waals surface area contributed by atoms with Gasteiger partial charge in [0.2, 0.25) is 5.95 Å². The molecule has 0 aromatic carbocycles. The Hall–Kier alpha value is -1.98. The molecule has 0 unspecified atom stereocenters. The Morgan fingerprint density at radius 2 is 2.20 bits per heavy atom. The number of anilines is 1. The first-order chi connectivity index (χ1) is 7.26. The summed E-state index contributed by atoms with van der Waals surface area (Å²) in [6, 6.07) is 0. The maximum Gasteiger partial charge on any atom is 0.325 e. The number of rotatable bonds is 5. The zero-order valence-electron chi connectivity index (χ0n) is 8.27. The molecule has 0 amide bonds. The highest BCUT2D eigenvalue weighted by Crippen LogP contribution is 1.97. The van der Waals surface area contributed by atoms with E-state index >= 15 is 0 Å². The Kier molecular flexibility index (Phi) is 4.21. The number of ether oxygens (including phenoxy) is 1. The quantitative estimate of drug-likeness (QED) is 0.553. The lowest BCUT2D eigenvalue weighted by atomic mass is 10.4. The summed E-state index contributed by atoms with van der Waals surface area (Å²) in [5.41, 5.74) is 0.386. The third-order valence-electron chi connectivity index (χ3n) is 1.50. The molecule has 0 bridgehead atoms. The van der Waals surface area contributed by atoms with Gasteiger partial charge in [-0.05, 0) is 6.92 Å². The Morgan fingerprint density at radius 3 is 2.73 bits per heavy atom. The van der Waals surface area contributed by atoms with Crippen LogP contribution in [-0.4, -0.2) is 35.4 Å². The topological polar surface area (TPSA) is 81.2 Å². The fourth-order valence-corrected chi connectivity index (χ4v) is 0.853. The third kappa shape index (κ3) is 3.72. The summed E-state index contributed by atoms with van der Waals surface area (Å²) in [6.45, 7) is 2.08. The number of hydrogen-bond acceptors (Lipinski definition) is 6. The average Bonchev–Trinajstić information content (AvgIpc) is 2.27. The van der Waals surface area contributed by atoms with Gasteiger partial charge in [0.15, 0.2) is 6.29 Å². The highest BCUT2D eigenvalue weighted by atomic mass is 16.5. The number of aromatic nitrogens is 2. The molecule has 0 atom stereocenters. The number of esters is 1. The molecule has 1 rings (SSSR count). The lowest BCUT2D eigenvalue weighted by Gasteiger charge is -2.03. The van der Waals surface area contributed by atoms with E-state index in [1.54, 1.807) is 6.92 Å². The van der Waals surface area contributed by atoms with Crippen molar-refractivity contribution < 1.29 is 14.3 Å². The molecular weight excluding hydrogens is 198 g/mol. The molecule has 0 saturated heterocycles. The fraction of sp³-hybridized carbons (Fsp3) is 0.333. The van der Waals surface area contributed by atoms with Crippen LogP contribution in [0.1, 0.15) is 17.3 Å². The minimum Gasteiger partial charge on any atom is -0.465 e. The minimum absolute atomic E-state index is 0.00821. The van der Waals surface area contributed by atoms with E-state index < -0.39 is 0 Å². The number of hydrogen-bond donors (Lipinski definition) is 1. The summed E-state index contributed by atoms with van der Waals surface area (Å²) >= 11 is 0. The smallest absolute Gasteiger partial charge is 0.325 e. The summed E-state index contributed by atoms with van der Waals surface area (Å²) in [5, 5.41) is 2.67. The van der Waals surface area contributed by atoms with Crippen LogP contribution in [0.2, 0.25) is 0 Å². The molecule has 6 nitrogen and oxygen atoms in total. The molecule has 6 heteroatoms. The van der Waals surface area contributed by atoms with Crippen molar-refractivity contribution in [2.45, 2.75) is 6.92 Å². The van der Waals surface area contributed by atoms with Crippen LogP contribution in [0.3, 0.4) is 0 Å². The van der Waals surface area contributed by atoms with Crippen molar-refractivity contribution >= 4 is 18.2 Å². The predicted octanol–water partition coefficient (Wildman–Crippen LogP) is 0.264. The van der Waals surface area contributed by atoms with Gasteiger partial charge in [0, 0.05) is 12.4 Å². The van der Waals surface area contributed by atoms with Gasteiger partial charge < -0.3 is 10.1 Å². The molecule has 1 heterocycles. The molecule has 15 heavy (non-hydrogen) atoms. The maximum absolute atomic E-state index is 10.9. The number of nitrogens with one attached hydrogen (secondary N) is 1. The van der Waals surface area contributed by atoms with Gasteiger partial charge in [0.1, 0.15) is 6.54 Å². The molecule has 80 valence electrons. The monoisotopic (exact) mass is 209 g/mol. The van der Waals surface area contributed by atoms with Crippen LogP contribution >= 0.6 is 0 Å². The van der Waals surface area contributed by atoms with Crippen molar-refractivity contribution in [3.8, 4) is 0 Å². The summed E-state index contributed by atoms with van der Waals surface area (Å²) in [4.78, 5) is 28.9. The van der Waals surface area contributed by atoms with E-state index in [-0.39, 0.29) is 18.5 Å². The van der Waals surface area contributed by atoms with Crippen LogP contribution in [0.4, 0.5) is 5.95 Å². The molecule has 0 aliphatic rings. The van der Waals surface area contributed by atoms with Gasteiger partial charge in [0.05, 0.1) is 12.2 Å². The minimum atomic E-state index is -0.374. The van der Waals surface area contributed by atoms with E-state index in [0.717, 1.165) is 0 Å². The Morgan fingerprint density at radius 1 is 1.53 bits per heavy atom. The maximum atomic E-state index is 10.9. The van der Waals surface area contributed by atoms with Crippen LogP contribution in [-0.2, 0) is 9.53 Å². The molecule has 0 spiro atoms. The zero-order chi connectivity index (χ0) is 11.1. The van der Waals surface area contributed by atoms with E-state index in [9.17, 15) is 9.59 Å². The summed E-state index contributed by atoms with van der Waals surface area (Å²) in [6.07, 6.45) is 3.39. The lowest BCUT2D eigenvalue weighted by Crippen LogP contribution is -2.17. The van der Waals surface area contributed by atoms with E-state index in [4.69, 9.17) is 4.74 Å². The van der Waals surface area contributed by atoms with E-state index in [2.05, 4.69) is 15.3 Å². The molecular formula is C9H11N3O3. The van der Waals surface area contributed by atoms with Gasteiger partial charge >= 0.3 is 5.97 Å². The van der Waals surface area contributed by atoms with Crippen LogP contribution in [0.15, 0.2) is 12.4 Å². The van der Waals surface area contributed by atoms with E-state index in [1.807, 2.05) is 0 Å². The molecule has 0 radical (unpaired) electrons. The number of carbonyl (C=O) groups excluding carboxylic acids is 2. The van der Waals surface area contributed by atoms with Crippen molar-refractivity contribution in [2.24, 2.45) is 0 Å². The molecule has 0 fully saturated rings. The molecule has 1 aromatic rings. The van der Waals surface area contributed by atoms with Crippen molar-refractivity contribution in [1.82, 2.24) is 9.97 Å². The molecule has 1 N–H and O–H groups in total. The van der Waals surface area contributed by atoms with Crippen LogP contribution in [0, 0.1) is 0 Å². The fourth-order valence-electron chi connectivity index (χ4n) is 0.853. The first-order valence-corrected chi connectivity index (χ1v) is 4.43. The summed E-state index contributed by atoms with van der Waals surface area (Å²) < 4.78 is 4.70.